The number of hydrogen-bond donors (Lipinski definition) is 0. The van der Waals surface area contributed by atoms with Crippen molar-refractivity contribution in [2.75, 3.05) is 9.80 Å². The number of anilines is 6. The Balaban J connectivity index is 1.28. The van der Waals surface area contributed by atoms with Gasteiger partial charge >= 0.3 is 0 Å². The minimum absolute atomic E-state index is 0.0283. The highest BCUT2D eigenvalue weighted by atomic mass is 32.1. The third kappa shape index (κ3) is 5.04. The van der Waals surface area contributed by atoms with E-state index in [9.17, 15) is 0 Å². The van der Waals surface area contributed by atoms with Crippen LogP contribution in [0.5, 0.6) is 0 Å². The molecule has 12 rings (SSSR count). The van der Waals surface area contributed by atoms with Gasteiger partial charge in [-0.2, -0.15) is 0 Å². The first-order chi connectivity index (χ1) is 28.5. The van der Waals surface area contributed by atoms with E-state index in [2.05, 4.69) is 203 Å². The summed E-state index contributed by atoms with van der Waals surface area (Å²) in [5, 5.41) is 11.7. The van der Waals surface area contributed by atoms with Crippen LogP contribution in [0.3, 0.4) is 0 Å². The van der Waals surface area contributed by atoms with Crippen molar-refractivity contribution >= 4 is 131 Å². The van der Waals surface area contributed by atoms with Crippen molar-refractivity contribution in [1.82, 2.24) is 0 Å². The van der Waals surface area contributed by atoms with Gasteiger partial charge in [-0.1, -0.05) is 151 Å². The fourth-order valence-electron chi connectivity index (χ4n) is 10.0. The smallest absolute Gasteiger partial charge is 0.266 e. The van der Waals surface area contributed by atoms with E-state index in [0.717, 1.165) is 0 Å². The third-order valence-corrected chi connectivity index (χ3v) is 15.3. The van der Waals surface area contributed by atoms with E-state index >= 15 is 0 Å². The molecule has 0 amide bonds. The first kappa shape index (κ1) is 35.1. The van der Waals surface area contributed by atoms with Gasteiger partial charge < -0.3 is 9.80 Å². The first-order valence-corrected chi connectivity index (χ1v) is 22.4. The van der Waals surface area contributed by atoms with Crippen LogP contribution < -0.4 is 25.5 Å². The zero-order valence-corrected chi connectivity index (χ0v) is 35.9. The zero-order chi connectivity index (χ0) is 39.9. The second kappa shape index (κ2) is 12.3. The molecule has 5 heteroatoms. The van der Waals surface area contributed by atoms with Gasteiger partial charge in [0, 0.05) is 42.0 Å². The minimum Gasteiger partial charge on any atom is -0.309 e. The van der Waals surface area contributed by atoms with Gasteiger partial charge in [-0.05, 0) is 108 Å². The average Bonchev–Trinajstić information content (AvgIpc) is 3.83. The maximum Gasteiger partial charge on any atom is 0.266 e. The van der Waals surface area contributed by atoms with Gasteiger partial charge in [-0.15, -0.1) is 22.7 Å². The molecule has 0 unspecified atom stereocenters. The van der Waals surface area contributed by atoms with Crippen LogP contribution >= 0.6 is 22.7 Å². The zero-order valence-electron chi connectivity index (χ0n) is 34.2. The second-order valence-corrected chi connectivity index (χ2v) is 20.6. The van der Waals surface area contributed by atoms with Crippen molar-refractivity contribution in [3.8, 4) is 0 Å². The molecule has 4 heterocycles. The highest BCUT2D eigenvalue weighted by Gasteiger charge is 2.48. The predicted molar refractivity (Wildman–Crippen MR) is 261 cm³/mol. The SMILES string of the molecule is CC(C)(C)c1ccc(N2c3cc4ccccc4c4c3B(c3sc5ccc6ccccc6c5c3N4c3ccc(C(C)(C)C)cc3)c3c2sc2ccc4ccccc4c32)cc1. The quantitative estimate of drug-likeness (QED) is 0.161. The molecule has 0 saturated heterocycles. The Morgan fingerprint density at radius 2 is 0.949 bits per heavy atom. The number of fused-ring (bicyclic) bond motifs is 14. The highest BCUT2D eigenvalue weighted by molar-refractivity contribution is 7.36. The Labute approximate surface area is 354 Å². The molecule has 284 valence electrons. The molecular formula is C54H43BN2S2. The van der Waals surface area contributed by atoms with E-state index in [1.54, 1.807) is 0 Å². The summed E-state index contributed by atoms with van der Waals surface area (Å²) in [7, 11) is 0. The fraction of sp³-hybridized carbons (Fsp3) is 0.148. The van der Waals surface area contributed by atoms with Crippen LogP contribution in [0.25, 0.3) is 52.5 Å². The van der Waals surface area contributed by atoms with E-state index in [-0.39, 0.29) is 17.5 Å². The summed E-state index contributed by atoms with van der Waals surface area (Å²) in [6, 6.07) is 57.8. The monoisotopic (exact) mass is 794 g/mol. The lowest BCUT2D eigenvalue weighted by atomic mass is 9.36. The molecule has 0 spiro atoms. The van der Waals surface area contributed by atoms with Crippen LogP contribution in [0.1, 0.15) is 52.7 Å². The van der Waals surface area contributed by atoms with Crippen molar-refractivity contribution in [2.45, 2.75) is 52.4 Å². The molecule has 2 aromatic heterocycles. The number of nitrogens with zero attached hydrogens (tertiary/aromatic N) is 2. The third-order valence-electron chi connectivity index (χ3n) is 12.9. The summed E-state index contributed by atoms with van der Waals surface area (Å²) >= 11 is 3.94. The van der Waals surface area contributed by atoms with Gasteiger partial charge in [0.25, 0.3) is 6.71 Å². The molecule has 0 bridgehead atoms. The first-order valence-electron chi connectivity index (χ1n) is 20.8. The Morgan fingerprint density at radius 3 is 1.54 bits per heavy atom. The van der Waals surface area contributed by atoms with Crippen molar-refractivity contribution in [3.05, 3.63) is 163 Å². The molecule has 10 aromatic rings. The largest absolute Gasteiger partial charge is 0.309 e. The van der Waals surface area contributed by atoms with Crippen LogP contribution in [0.4, 0.5) is 33.4 Å². The molecule has 2 aliphatic heterocycles. The predicted octanol–water partition coefficient (Wildman–Crippen LogP) is 14.3. The topological polar surface area (TPSA) is 6.48 Å². The van der Waals surface area contributed by atoms with Crippen molar-refractivity contribution in [3.63, 3.8) is 0 Å². The molecule has 0 fully saturated rings. The lowest BCUT2D eigenvalue weighted by Crippen LogP contribution is -2.60. The van der Waals surface area contributed by atoms with Crippen LogP contribution in [0, 0.1) is 0 Å². The minimum atomic E-state index is 0.0283. The highest BCUT2D eigenvalue weighted by Crippen LogP contribution is 2.53. The summed E-state index contributed by atoms with van der Waals surface area (Å²) in [5.74, 6) is 0. The normalized spacial score (nSPS) is 13.8. The average molecular weight is 795 g/mol. The molecule has 0 radical (unpaired) electrons. The summed E-state index contributed by atoms with van der Waals surface area (Å²) in [6.07, 6.45) is 0. The maximum atomic E-state index is 2.66. The van der Waals surface area contributed by atoms with Crippen LogP contribution in [-0.4, -0.2) is 6.71 Å². The van der Waals surface area contributed by atoms with Gasteiger partial charge in [0.2, 0.25) is 0 Å². The Kier molecular flexibility index (Phi) is 7.33. The van der Waals surface area contributed by atoms with E-state index in [1.807, 2.05) is 22.7 Å². The van der Waals surface area contributed by atoms with Crippen LogP contribution in [-0.2, 0) is 10.8 Å². The number of hydrogen-bond acceptors (Lipinski definition) is 4. The van der Waals surface area contributed by atoms with E-state index in [4.69, 9.17) is 0 Å². The van der Waals surface area contributed by atoms with E-state index < -0.39 is 0 Å². The number of benzene rings is 8. The Bertz CT molecular complexity index is 3360. The van der Waals surface area contributed by atoms with Gasteiger partial charge in [0.15, 0.2) is 0 Å². The molecule has 0 N–H and O–H groups in total. The van der Waals surface area contributed by atoms with Gasteiger partial charge in [-0.3, -0.25) is 0 Å². The molecule has 59 heavy (non-hydrogen) atoms. The lowest BCUT2D eigenvalue weighted by molar-refractivity contribution is 0.590. The van der Waals surface area contributed by atoms with E-state index in [1.165, 1.54) is 113 Å². The molecule has 2 aliphatic rings. The Morgan fingerprint density at radius 1 is 0.441 bits per heavy atom. The molecular weight excluding hydrogens is 752 g/mol. The molecule has 8 aromatic carbocycles. The van der Waals surface area contributed by atoms with Gasteiger partial charge in [0.05, 0.1) is 16.4 Å². The molecule has 0 saturated carbocycles. The summed E-state index contributed by atoms with van der Waals surface area (Å²) < 4.78 is 4.07. The molecule has 0 atom stereocenters. The molecule has 2 nitrogen and oxygen atoms in total. The van der Waals surface area contributed by atoms with Crippen LogP contribution in [0.15, 0.2) is 152 Å². The van der Waals surface area contributed by atoms with Crippen LogP contribution in [0.2, 0.25) is 0 Å². The standard InChI is InChI=1S/C54H43BN2S2/c1-53(2,3)35-21-25-37(26-22-35)56-42-31-34-15-9-12-18-41(34)49-47(42)55(48-45-39-16-10-7-13-32(39)19-29-43(45)59-52(48)56)51-50(57(49)38-27-23-36(24-28-38)54(4,5)6)46-40-17-11-8-14-33(40)20-30-44(46)58-51/h7-31H,1-6H3. The van der Waals surface area contributed by atoms with Gasteiger partial charge in [-0.25, -0.2) is 0 Å². The van der Waals surface area contributed by atoms with Gasteiger partial charge in [0.1, 0.15) is 0 Å². The fourth-order valence-corrected chi connectivity index (χ4v) is 12.6. The summed E-state index contributed by atoms with van der Waals surface area (Å²) in [5.41, 5.74) is 11.8. The molecule has 0 aliphatic carbocycles. The lowest BCUT2D eigenvalue weighted by Gasteiger charge is -2.43. The van der Waals surface area contributed by atoms with Crippen molar-refractivity contribution < 1.29 is 0 Å². The summed E-state index contributed by atoms with van der Waals surface area (Å²) in [4.78, 5) is 5.26. The number of thiophene rings is 2. The van der Waals surface area contributed by atoms with Crippen molar-refractivity contribution in [2.24, 2.45) is 0 Å². The summed E-state index contributed by atoms with van der Waals surface area (Å²) in [6.45, 7) is 13.9. The maximum absolute atomic E-state index is 2.66. The van der Waals surface area contributed by atoms with Crippen molar-refractivity contribution in [1.29, 1.82) is 0 Å². The Hall–Kier alpha value is -5.88. The van der Waals surface area contributed by atoms with E-state index in [0.29, 0.717) is 0 Å². The number of rotatable bonds is 2. The second-order valence-electron chi connectivity index (χ2n) is 18.5.